The molecule has 0 saturated carbocycles. The van der Waals surface area contributed by atoms with Crippen molar-refractivity contribution < 1.29 is 4.79 Å². The van der Waals surface area contributed by atoms with Crippen molar-refractivity contribution in [3.8, 4) is 0 Å². The molecule has 17 heavy (non-hydrogen) atoms. The van der Waals surface area contributed by atoms with Crippen LogP contribution in [0.2, 0.25) is 0 Å². The minimum atomic E-state index is -0.0250. The molecule has 1 saturated heterocycles. The molecule has 1 unspecified atom stereocenters. The van der Waals surface area contributed by atoms with Gasteiger partial charge in [-0.25, -0.2) is 0 Å². The molecule has 2 rings (SSSR count). The fourth-order valence-electron chi connectivity index (χ4n) is 2.13. The lowest BCUT2D eigenvalue weighted by Crippen LogP contribution is -2.43. The third-order valence-corrected chi connectivity index (χ3v) is 3.40. The van der Waals surface area contributed by atoms with Crippen LogP contribution in [-0.2, 0) is 7.05 Å². The van der Waals surface area contributed by atoms with Gasteiger partial charge in [0.15, 0.2) is 0 Å². The maximum Gasteiger partial charge on any atom is 0.254 e. The van der Waals surface area contributed by atoms with E-state index < -0.39 is 0 Å². The highest BCUT2D eigenvalue weighted by Gasteiger charge is 2.16. The third kappa shape index (κ3) is 2.85. The summed E-state index contributed by atoms with van der Waals surface area (Å²) in [6.45, 7) is 3.67. The second-order valence-electron chi connectivity index (χ2n) is 4.62. The van der Waals surface area contributed by atoms with Crippen molar-refractivity contribution in [1.29, 1.82) is 0 Å². The Balaban J connectivity index is 1.86. The highest BCUT2D eigenvalue weighted by Crippen LogP contribution is 2.07. The first kappa shape index (κ1) is 12.1. The minimum Gasteiger partial charge on any atom is -0.350 e. The van der Waals surface area contributed by atoms with Gasteiger partial charge in [0.2, 0.25) is 0 Å². The number of carbonyl (C=O) groups is 1. The first-order chi connectivity index (χ1) is 8.18. The number of amides is 1. The van der Waals surface area contributed by atoms with Gasteiger partial charge in [-0.2, -0.15) is 5.10 Å². The van der Waals surface area contributed by atoms with Gasteiger partial charge >= 0.3 is 0 Å². The fraction of sp³-hybridized carbons (Fsp3) is 0.667. The fourth-order valence-corrected chi connectivity index (χ4v) is 2.13. The number of hydrogen-bond donors (Lipinski definition) is 2. The van der Waals surface area contributed by atoms with Crippen LogP contribution in [0.15, 0.2) is 6.20 Å². The molecular formula is C12H20N4O. The van der Waals surface area contributed by atoms with Crippen LogP contribution in [0.3, 0.4) is 0 Å². The third-order valence-electron chi connectivity index (χ3n) is 3.40. The molecule has 1 aromatic rings. The second-order valence-corrected chi connectivity index (χ2v) is 4.62. The molecule has 94 valence electrons. The summed E-state index contributed by atoms with van der Waals surface area (Å²) in [4.78, 5) is 11.9. The average molecular weight is 236 g/mol. The Morgan fingerprint density at radius 3 is 3.06 bits per heavy atom. The normalized spacial score (nSPS) is 20.2. The van der Waals surface area contributed by atoms with Gasteiger partial charge in [0.05, 0.1) is 11.8 Å². The first-order valence-corrected chi connectivity index (χ1v) is 6.18. The molecule has 2 N–H and O–H groups in total. The number of nitrogens with one attached hydrogen (secondary N) is 2. The molecule has 0 aromatic carbocycles. The van der Waals surface area contributed by atoms with Crippen LogP contribution in [0.4, 0.5) is 0 Å². The maximum absolute atomic E-state index is 11.9. The molecule has 0 spiro atoms. The van der Waals surface area contributed by atoms with Gasteiger partial charge in [-0.15, -0.1) is 0 Å². The molecule has 1 amide bonds. The van der Waals surface area contributed by atoms with Gasteiger partial charge < -0.3 is 10.6 Å². The Bertz CT molecular complexity index is 393. The van der Waals surface area contributed by atoms with Crippen LogP contribution in [0.1, 0.15) is 35.3 Å². The van der Waals surface area contributed by atoms with Crippen molar-refractivity contribution in [2.45, 2.75) is 32.2 Å². The summed E-state index contributed by atoms with van der Waals surface area (Å²) < 4.78 is 1.72. The second kappa shape index (κ2) is 5.31. The zero-order valence-electron chi connectivity index (χ0n) is 10.5. The summed E-state index contributed by atoms with van der Waals surface area (Å²) in [5, 5.41) is 10.5. The number of aryl methyl sites for hydroxylation is 1. The molecule has 0 radical (unpaired) electrons. The predicted octanol–water partition coefficient (Wildman–Crippen LogP) is 0.600. The van der Waals surface area contributed by atoms with Gasteiger partial charge in [0.1, 0.15) is 0 Å². The molecule has 1 aliphatic rings. The Morgan fingerprint density at radius 2 is 2.47 bits per heavy atom. The van der Waals surface area contributed by atoms with Crippen molar-refractivity contribution in [3.63, 3.8) is 0 Å². The number of piperidine rings is 1. The van der Waals surface area contributed by atoms with E-state index in [0.29, 0.717) is 18.2 Å². The Hall–Kier alpha value is -1.36. The van der Waals surface area contributed by atoms with E-state index in [1.807, 2.05) is 14.0 Å². The lowest BCUT2D eigenvalue weighted by atomic mass is 10.1. The van der Waals surface area contributed by atoms with E-state index in [9.17, 15) is 4.79 Å². The number of hydrogen-bond acceptors (Lipinski definition) is 3. The largest absolute Gasteiger partial charge is 0.350 e. The molecule has 1 fully saturated rings. The predicted molar refractivity (Wildman–Crippen MR) is 65.9 cm³/mol. The molecule has 1 atom stereocenters. The zero-order chi connectivity index (χ0) is 12.3. The van der Waals surface area contributed by atoms with Crippen molar-refractivity contribution >= 4 is 5.91 Å². The van der Waals surface area contributed by atoms with E-state index in [2.05, 4.69) is 15.7 Å². The minimum absolute atomic E-state index is 0.0250. The highest BCUT2D eigenvalue weighted by atomic mass is 16.1. The molecule has 2 heterocycles. The van der Waals surface area contributed by atoms with Gasteiger partial charge in [0, 0.05) is 25.3 Å². The van der Waals surface area contributed by atoms with Crippen molar-refractivity contribution in [2.24, 2.45) is 7.05 Å². The number of rotatable bonds is 3. The van der Waals surface area contributed by atoms with Gasteiger partial charge in [-0.3, -0.25) is 9.48 Å². The van der Waals surface area contributed by atoms with Gasteiger partial charge in [-0.1, -0.05) is 6.42 Å². The molecular weight excluding hydrogens is 216 g/mol. The van der Waals surface area contributed by atoms with Crippen molar-refractivity contribution in [3.05, 3.63) is 17.5 Å². The lowest BCUT2D eigenvalue weighted by Gasteiger charge is -2.23. The summed E-state index contributed by atoms with van der Waals surface area (Å²) >= 11 is 0. The Labute approximate surface area is 102 Å². The molecule has 1 aromatic heterocycles. The maximum atomic E-state index is 11.9. The van der Waals surface area contributed by atoms with Crippen LogP contribution < -0.4 is 10.6 Å². The SMILES string of the molecule is Cc1c(C(=O)NCC2CCCCN2)cnn1C. The summed E-state index contributed by atoms with van der Waals surface area (Å²) in [6.07, 6.45) is 5.26. The van der Waals surface area contributed by atoms with E-state index >= 15 is 0 Å². The molecule has 0 aliphatic carbocycles. The summed E-state index contributed by atoms with van der Waals surface area (Å²) in [7, 11) is 1.84. The van der Waals surface area contributed by atoms with E-state index in [-0.39, 0.29) is 5.91 Å². The summed E-state index contributed by atoms with van der Waals surface area (Å²) in [6, 6.07) is 0.421. The van der Waals surface area contributed by atoms with E-state index in [1.54, 1.807) is 10.9 Å². The smallest absolute Gasteiger partial charge is 0.254 e. The van der Waals surface area contributed by atoms with Crippen LogP contribution >= 0.6 is 0 Å². The lowest BCUT2D eigenvalue weighted by molar-refractivity contribution is 0.0947. The Kier molecular flexibility index (Phi) is 3.78. The molecule has 1 aliphatic heterocycles. The van der Waals surface area contributed by atoms with Crippen molar-refractivity contribution in [1.82, 2.24) is 20.4 Å². The van der Waals surface area contributed by atoms with Crippen LogP contribution in [0.5, 0.6) is 0 Å². The monoisotopic (exact) mass is 236 g/mol. The molecule has 5 heteroatoms. The standard InChI is InChI=1S/C12H20N4O/c1-9-11(8-15-16(9)2)12(17)14-7-10-5-3-4-6-13-10/h8,10,13H,3-7H2,1-2H3,(H,14,17). The first-order valence-electron chi connectivity index (χ1n) is 6.18. The number of nitrogens with zero attached hydrogens (tertiary/aromatic N) is 2. The topological polar surface area (TPSA) is 59.0 Å². The Morgan fingerprint density at radius 1 is 1.65 bits per heavy atom. The van der Waals surface area contributed by atoms with Crippen LogP contribution in [0, 0.1) is 6.92 Å². The van der Waals surface area contributed by atoms with Gasteiger partial charge in [-0.05, 0) is 26.3 Å². The molecule has 5 nitrogen and oxygen atoms in total. The zero-order valence-corrected chi connectivity index (χ0v) is 10.5. The molecule has 0 bridgehead atoms. The van der Waals surface area contributed by atoms with E-state index in [0.717, 1.165) is 18.7 Å². The van der Waals surface area contributed by atoms with Gasteiger partial charge in [0.25, 0.3) is 5.91 Å². The number of carbonyl (C=O) groups excluding carboxylic acids is 1. The van der Waals surface area contributed by atoms with Crippen LogP contribution in [0.25, 0.3) is 0 Å². The summed E-state index contributed by atoms with van der Waals surface area (Å²) in [5.41, 5.74) is 1.57. The van der Waals surface area contributed by atoms with E-state index in [1.165, 1.54) is 12.8 Å². The summed E-state index contributed by atoms with van der Waals surface area (Å²) in [5.74, 6) is -0.0250. The van der Waals surface area contributed by atoms with Crippen LogP contribution in [-0.4, -0.2) is 34.8 Å². The van der Waals surface area contributed by atoms with Crippen molar-refractivity contribution in [2.75, 3.05) is 13.1 Å². The van der Waals surface area contributed by atoms with E-state index in [4.69, 9.17) is 0 Å². The highest BCUT2D eigenvalue weighted by molar-refractivity contribution is 5.95. The average Bonchev–Trinajstić information content (AvgIpc) is 2.69. The number of aromatic nitrogens is 2. The quantitative estimate of drug-likeness (QED) is 0.808.